The summed E-state index contributed by atoms with van der Waals surface area (Å²) in [6.45, 7) is 0.705. The normalized spacial score (nSPS) is 10.5. The number of nitrogens with one attached hydrogen (secondary N) is 1. The van der Waals surface area contributed by atoms with E-state index in [-0.39, 0.29) is 20.3 Å². The summed E-state index contributed by atoms with van der Waals surface area (Å²) >= 11 is -0.146. The summed E-state index contributed by atoms with van der Waals surface area (Å²) in [6, 6.07) is 29.6. The molecular weight excluding hydrogens is 399 g/mol. The van der Waals surface area contributed by atoms with Crippen LogP contribution in [0.2, 0.25) is 0 Å². The van der Waals surface area contributed by atoms with Crippen LogP contribution in [0.15, 0.2) is 91.0 Å². The number of carbonyl (C=O) groups is 1. The quantitative estimate of drug-likeness (QED) is 0.367. The van der Waals surface area contributed by atoms with E-state index in [1.807, 2.05) is 78.9 Å². The summed E-state index contributed by atoms with van der Waals surface area (Å²) in [5.41, 5.74) is 3.68. The molecule has 0 saturated carbocycles. The van der Waals surface area contributed by atoms with Crippen molar-refractivity contribution < 1.29 is 4.79 Å². The molecule has 0 unspecified atom stereocenters. The third kappa shape index (κ3) is 4.08. The molecule has 1 N–H and O–H groups in total. The Morgan fingerprint density at radius 2 is 1.41 bits per heavy atom. The molecule has 4 heteroatoms. The first-order valence-electron chi connectivity index (χ1n) is 8.75. The Hall–Kier alpha value is -2.94. The van der Waals surface area contributed by atoms with E-state index in [1.54, 1.807) is 0 Å². The second-order valence-electron chi connectivity index (χ2n) is 6.10. The summed E-state index contributed by atoms with van der Waals surface area (Å²) < 4.78 is 1.69. The first kappa shape index (κ1) is 17.5. The van der Waals surface area contributed by atoms with Gasteiger partial charge in [0.2, 0.25) is 0 Å². The Morgan fingerprint density at radius 1 is 0.815 bits per heavy atom. The van der Waals surface area contributed by atoms with Crippen molar-refractivity contribution in [2.24, 2.45) is 0 Å². The monoisotopic (exact) mass is 418 g/mol. The molecule has 0 atom stereocenters. The predicted molar refractivity (Wildman–Crippen MR) is 110 cm³/mol. The Bertz CT molecular complexity index is 1030. The number of ketones is 1. The fourth-order valence-electron chi connectivity index (χ4n) is 2.84. The van der Waals surface area contributed by atoms with Gasteiger partial charge >= 0.3 is 164 Å². The molecule has 1 aromatic heterocycles. The van der Waals surface area contributed by atoms with Gasteiger partial charge in [0.15, 0.2) is 0 Å². The molecule has 0 spiro atoms. The van der Waals surface area contributed by atoms with Gasteiger partial charge in [-0.25, -0.2) is 0 Å². The van der Waals surface area contributed by atoms with E-state index in [9.17, 15) is 4.79 Å². The Kier molecular flexibility index (Phi) is 5.29. The zero-order valence-electron chi connectivity index (χ0n) is 14.6. The zero-order valence-corrected chi connectivity index (χ0v) is 16.3. The summed E-state index contributed by atoms with van der Waals surface area (Å²) in [7, 11) is 0. The van der Waals surface area contributed by atoms with Gasteiger partial charge in [-0.15, -0.1) is 0 Å². The van der Waals surface area contributed by atoms with Crippen molar-refractivity contribution in [2.45, 2.75) is 6.54 Å². The third-order valence-electron chi connectivity index (χ3n) is 4.20. The Labute approximate surface area is 164 Å². The number of anilines is 1. The molecule has 27 heavy (non-hydrogen) atoms. The minimum absolute atomic E-state index is 0.0646. The first-order chi connectivity index (χ1) is 13.3. The van der Waals surface area contributed by atoms with Crippen molar-refractivity contribution in [3.63, 3.8) is 0 Å². The van der Waals surface area contributed by atoms with Crippen molar-refractivity contribution in [3.05, 3.63) is 107 Å². The van der Waals surface area contributed by atoms with E-state index < -0.39 is 0 Å². The van der Waals surface area contributed by atoms with Crippen LogP contribution in [0.4, 0.5) is 4.69 Å². The van der Waals surface area contributed by atoms with Crippen LogP contribution in [0.1, 0.15) is 20.4 Å². The van der Waals surface area contributed by atoms with Crippen LogP contribution in [0.25, 0.3) is 11.3 Å². The van der Waals surface area contributed by atoms with Gasteiger partial charge in [0.25, 0.3) is 0 Å². The van der Waals surface area contributed by atoms with E-state index in [2.05, 4.69) is 17.4 Å². The molecule has 0 fully saturated rings. The van der Waals surface area contributed by atoms with E-state index in [0.29, 0.717) is 12.1 Å². The third-order valence-corrected chi connectivity index (χ3v) is 6.33. The van der Waals surface area contributed by atoms with Crippen LogP contribution in [0, 0.1) is 0 Å². The second kappa shape index (κ2) is 8.17. The number of nitrogens with zero attached hydrogens (tertiary/aromatic N) is 1. The van der Waals surface area contributed by atoms with Crippen molar-refractivity contribution in [1.29, 1.82) is 0 Å². The Morgan fingerprint density at radius 3 is 2.07 bits per heavy atom. The van der Waals surface area contributed by atoms with Gasteiger partial charge in [-0.2, -0.15) is 0 Å². The first-order valence-corrected chi connectivity index (χ1v) is 10.5. The summed E-state index contributed by atoms with van der Waals surface area (Å²) in [6.07, 6.45) is 0. The number of aromatic nitrogens is 1. The van der Waals surface area contributed by atoms with E-state index in [4.69, 9.17) is 4.98 Å². The van der Waals surface area contributed by atoms with Crippen LogP contribution < -0.4 is 5.32 Å². The van der Waals surface area contributed by atoms with Gasteiger partial charge in [-0.05, 0) is 0 Å². The van der Waals surface area contributed by atoms with Crippen molar-refractivity contribution in [1.82, 2.24) is 4.98 Å². The van der Waals surface area contributed by atoms with Crippen molar-refractivity contribution in [2.75, 3.05) is 5.32 Å². The molecule has 0 aliphatic rings. The molecule has 3 aromatic carbocycles. The number of carbonyl (C=O) groups excluding carboxylic acids is 1. The average molecular weight is 417 g/mol. The van der Waals surface area contributed by atoms with Gasteiger partial charge in [0, 0.05) is 0 Å². The summed E-state index contributed by atoms with van der Waals surface area (Å²) in [5, 5.41) is 3.42. The van der Waals surface area contributed by atoms with Crippen LogP contribution in [0.5, 0.6) is 0 Å². The molecule has 4 aromatic rings. The van der Waals surface area contributed by atoms with Gasteiger partial charge in [0.1, 0.15) is 0 Å². The molecule has 0 bridgehead atoms. The van der Waals surface area contributed by atoms with E-state index >= 15 is 0 Å². The zero-order chi connectivity index (χ0) is 18.5. The van der Waals surface area contributed by atoms with Gasteiger partial charge < -0.3 is 0 Å². The Balaban J connectivity index is 1.68. The standard InChI is InChI=1S/C23H18N2OSe/c26-21(19-14-8-3-9-15-19)22-20(18-12-6-2-7-13-18)25-23(27-22)24-16-17-10-4-1-5-11-17/h1-15H,16H2,(H,24,25). The molecule has 0 aliphatic carbocycles. The molecule has 0 amide bonds. The summed E-state index contributed by atoms with van der Waals surface area (Å²) in [5.74, 6) is 0.0646. The van der Waals surface area contributed by atoms with Gasteiger partial charge in [-0.1, -0.05) is 0 Å². The SMILES string of the molecule is O=C(c1ccccc1)c1[se]c(NCc2ccccc2)nc1-c1ccccc1. The van der Waals surface area contributed by atoms with Crippen molar-refractivity contribution >= 4 is 25.0 Å². The molecule has 4 rings (SSSR count). The van der Waals surface area contributed by atoms with Gasteiger partial charge in [-0.3, -0.25) is 0 Å². The minimum atomic E-state index is -0.146. The number of benzene rings is 3. The van der Waals surface area contributed by atoms with Crippen LogP contribution >= 0.6 is 0 Å². The number of hydrogen-bond donors (Lipinski definition) is 1. The van der Waals surface area contributed by atoms with E-state index in [1.165, 1.54) is 5.56 Å². The van der Waals surface area contributed by atoms with Crippen LogP contribution in [-0.2, 0) is 6.54 Å². The van der Waals surface area contributed by atoms with Crippen LogP contribution in [0.3, 0.4) is 0 Å². The fraction of sp³-hybridized carbons (Fsp3) is 0.0435. The molecule has 1 heterocycles. The molecule has 0 saturated heterocycles. The molecular formula is C23H18N2OSe. The average Bonchev–Trinajstić information content (AvgIpc) is 3.18. The molecule has 0 radical (unpaired) electrons. The topological polar surface area (TPSA) is 42.0 Å². The maximum absolute atomic E-state index is 13.1. The molecule has 0 aliphatic heterocycles. The number of rotatable bonds is 6. The summed E-state index contributed by atoms with van der Waals surface area (Å²) in [4.78, 5) is 17.9. The van der Waals surface area contributed by atoms with Crippen LogP contribution in [-0.4, -0.2) is 25.3 Å². The predicted octanol–water partition coefficient (Wildman–Crippen LogP) is 4.65. The molecule has 132 valence electrons. The van der Waals surface area contributed by atoms with Crippen molar-refractivity contribution in [3.8, 4) is 11.3 Å². The number of hydrogen-bond acceptors (Lipinski definition) is 3. The maximum atomic E-state index is 13.1. The second-order valence-corrected chi connectivity index (χ2v) is 8.19. The van der Waals surface area contributed by atoms with E-state index in [0.717, 1.165) is 20.4 Å². The molecule has 3 nitrogen and oxygen atoms in total. The fourth-order valence-corrected chi connectivity index (χ4v) is 4.82. The van der Waals surface area contributed by atoms with Gasteiger partial charge in [0.05, 0.1) is 0 Å².